The van der Waals surface area contributed by atoms with E-state index in [1.165, 1.54) is 11.0 Å². The van der Waals surface area contributed by atoms with Gasteiger partial charge in [0.2, 0.25) is 5.91 Å². The van der Waals surface area contributed by atoms with E-state index in [9.17, 15) is 14.0 Å². The van der Waals surface area contributed by atoms with Crippen LogP contribution in [0.5, 0.6) is 5.75 Å². The Bertz CT molecular complexity index is 823. The van der Waals surface area contributed by atoms with Gasteiger partial charge in [-0.05, 0) is 45.4 Å². The lowest BCUT2D eigenvalue weighted by molar-refractivity contribution is -0.142. The Hall–Kier alpha value is -2.89. The smallest absolute Gasteiger partial charge is 0.261 e. The van der Waals surface area contributed by atoms with Crippen molar-refractivity contribution in [2.24, 2.45) is 0 Å². The van der Waals surface area contributed by atoms with Gasteiger partial charge in [-0.2, -0.15) is 0 Å². The molecule has 2 aromatic rings. The second-order valence-electron chi connectivity index (χ2n) is 7.01. The van der Waals surface area contributed by atoms with Crippen molar-refractivity contribution in [1.29, 1.82) is 0 Å². The summed E-state index contributed by atoms with van der Waals surface area (Å²) in [5, 5.41) is 2.79. The normalized spacial score (nSPS) is 11.8. The minimum Gasteiger partial charge on any atom is -0.484 e. The first-order chi connectivity index (χ1) is 13.3. The zero-order valence-corrected chi connectivity index (χ0v) is 16.7. The zero-order valence-electron chi connectivity index (χ0n) is 16.7. The van der Waals surface area contributed by atoms with Crippen molar-refractivity contribution in [3.63, 3.8) is 0 Å². The Kier molecular flexibility index (Phi) is 7.55. The van der Waals surface area contributed by atoms with Crippen LogP contribution in [0.25, 0.3) is 0 Å². The van der Waals surface area contributed by atoms with Gasteiger partial charge in [0.25, 0.3) is 5.91 Å². The van der Waals surface area contributed by atoms with Crippen LogP contribution in [0.15, 0.2) is 48.5 Å². The molecule has 2 rings (SSSR count). The van der Waals surface area contributed by atoms with E-state index < -0.39 is 17.8 Å². The van der Waals surface area contributed by atoms with Crippen LogP contribution in [0.4, 0.5) is 4.39 Å². The van der Waals surface area contributed by atoms with Gasteiger partial charge in [0.05, 0.1) is 0 Å². The predicted octanol–water partition coefficient (Wildman–Crippen LogP) is 3.45. The molecule has 0 aliphatic carbocycles. The molecule has 2 aromatic carbocycles. The third kappa shape index (κ3) is 5.81. The molecule has 0 fully saturated rings. The molecule has 0 saturated carbocycles. The van der Waals surface area contributed by atoms with Crippen LogP contribution < -0.4 is 10.1 Å². The molecule has 6 heteroatoms. The molecular formula is C22H27FN2O3. The van der Waals surface area contributed by atoms with Crippen LogP contribution >= 0.6 is 0 Å². The molecule has 0 aliphatic heterocycles. The Balaban J connectivity index is 2.18. The molecule has 0 aliphatic rings. The summed E-state index contributed by atoms with van der Waals surface area (Å²) in [4.78, 5) is 26.7. The Morgan fingerprint density at radius 1 is 1.07 bits per heavy atom. The van der Waals surface area contributed by atoms with Gasteiger partial charge < -0.3 is 15.0 Å². The fourth-order valence-electron chi connectivity index (χ4n) is 2.74. The third-order valence-corrected chi connectivity index (χ3v) is 4.34. The molecule has 2 amide bonds. The molecular weight excluding hydrogens is 359 g/mol. The van der Waals surface area contributed by atoms with E-state index in [4.69, 9.17) is 4.74 Å². The maximum atomic E-state index is 14.1. The zero-order chi connectivity index (χ0) is 20.7. The molecule has 0 saturated heterocycles. The van der Waals surface area contributed by atoms with Gasteiger partial charge in [0.15, 0.2) is 6.61 Å². The number of carbonyl (C=O) groups is 2. The molecule has 0 unspecified atom stereocenters. The molecule has 5 nitrogen and oxygen atoms in total. The van der Waals surface area contributed by atoms with Crippen LogP contribution in [0.1, 0.15) is 31.9 Å². The molecule has 0 radical (unpaired) electrons. The van der Waals surface area contributed by atoms with Gasteiger partial charge in [-0.15, -0.1) is 0 Å². The number of ether oxygens (including phenoxy) is 1. The Morgan fingerprint density at radius 3 is 2.36 bits per heavy atom. The largest absolute Gasteiger partial charge is 0.484 e. The minimum absolute atomic E-state index is 0.0185. The lowest BCUT2D eigenvalue weighted by Gasteiger charge is -2.29. The number of hydrogen-bond donors (Lipinski definition) is 1. The topological polar surface area (TPSA) is 58.6 Å². The number of nitrogens with zero attached hydrogens (tertiary/aromatic N) is 1. The number of benzene rings is 2. The molecule has 0 bridgehead atoms. The standard InChI is InChI=1S/C22H27FN2O3/c1-15(2)24-22(27)17(4)25(13-18-10-6-7-11-19(18)23)21(26)14-28-20-12-8-5-9-16(20)3/h5-12,15,17H,13-14H2,1-4H3,(H,24,27)/t17-/m0/s1. The number of hydrogen-bond acceptors (Lipinski definition) is 3. The maximum Gasteiger partial charge on any atom is 0.261 e. The van der Waals surface area contributed by atoms with E-state index in [1.807, 2.05) is 39.0 Å². The first-order valence-electron chi connectivity index (χ1n) is 9.31. The van der Waals surface area contributed by atoms with E-state index in [0.717, 1.165) is 5.56 Å². The molecule has 1 atom stereocenters. The van der Waals surface area contributed by atoms with Crippen molar-refractivity contribution in [3.05, 3.63) is 65.5 Å². The number of aryl methyl sites for hydroxylation is 1. The predicted molar refractivity (Wildman–Crippen MR) is 106 cm³/mol. The molecule has 28 heavy (non-hydrogen) atoms. The fraction of sp³-hybridized carbons (Fsp3) is 0.364. The summed E-state index contributed by atoms with van der Waals surface area (Å²) in [6.45, 7) is 6.94. The van der Waals surface area contributed by atoms with Gasteiger partial charge in [0, 0.05) is 18.2 Å². The minimum atomic E-state index is -0.769. The van der Waals surface area contributed by atoms with Gasteiger partial charge in [0.1, 0.15) is 17.6 Å². The van der Waals surface area contributed by atoms with Gasteiger partial charge in [-0.1, -0.05) is 36.4 Å². The molecule has 0 heterocycles. The number of rotatable bonds is 8. The quantitative estimate of drug-likeness (QED) is 0.756. The van der Waals surface area contributed by atoms with Gasteiger partial charge >= 0.3 is 0 Å². The van der Waals surface area contributed by atoms with Crippen molar-refractivity contribution >= 4 is 11.8 Å². The summed E-state index contributed by atoms with van der Waals surface area (Å²) < 4.78 is 19.8. The molecule has 1 N–H and O–H groups in total. The first-order valence-corrected chi connectivity index (χ1v) is 9.31. The highest BCUT2D eigenvalue weighted by molar-refractivity contribution is 5.88. The first kappa shape index (κ1) is 21.4. The van der Waals surface area contributed by atoms with Crippen molar-refractivity contribution in [3.8, 4) is 5.75 Å². The second-order valence-corrected chi connectivity index (χ2v) is 7.01. The van der Waals surface area contributed by atoms with Crippen LogP contribution in [0.2, 0.25) is 0 Å². The summed E-state index contributed by atoms with van der Waals surface area (Å²) in [5.41, 5.74) is 1.25. The second kappa shape index (κ2) is 9.88. The Morgan fingerprint density at radius 2 is 1.71 bits per heavy atom. The van der Waals surface area contributed by atoms with Gasteiger partial charge in [-0.3, -0.25) is 9.59 Å². The average molecular weight is 386 g/mol. The number of amides is 2. The van der Waals surface area contributed by atoms with E-state index in [-0.39, 0.29) is 25.1 Å². The third-order valence-electron chi connectivity index (χ3n) is 4.34. The van der Waals surface area contributed by atoms with Gasteiger partial charge in [-0.25, -0.2) is 4.39 Å². The SMILES string of the molecule is Cc1ccccc1OCC(=O)N(Cc1ccccc1F)[C@@H](C)C(=O)NC(C)C. The summed E-state index contributed by atoms with van der Waals surface area (Å²) in [6.07, 6.45) is 0. The molecule has 150 valence electrons. The monoisotopic (exact) mass is 386 g/mol. The number of para-hydroxylation sites is 1. The number of halogens is 1. The van der Waals surface area contributed by atoms with Crippen molar-refractivity contribution in [1.82, 2.24) is 10.2 Å². The van der Waals surface area contributed by atoms with Crippen molar-refractivity contribution in [2.45, 2.75) is 46.3 Å². The van der Waals surface area contributed by atoms with E-state index in [0.29, 0.717) is 11.3 Å². The van der Waals surface area contributed by atoms with E-state index in [2.05, 4.69) is 5.32 Å². The van der Waals surface area contributed by atoms with E-state index in [1.54, 1.807) is 31.2 Å². The highest BCUT2D eigenvalue weighted by atomic mass is 19.1. The lowest BCUT2D eigenvalue weighted by atomic mass is 10.1. The average Bonchev–Trinajstić information content (AvgIpc) is 2.65. The van der Waals surface area contributed by atoms with Crippen LogP contribution in [-0.4, -0.2) is 35.4 Å². The summed E-state index contributed by atoms with van der Waals surface area (Å²) in [7, 11) is 0. The van der Waals surface area contributed by atoms with E-state index >= 15 is 0 Å². The number of nitrogens with one attached hydrogen (secondary N) is 1. The van der Waals surface area contributed by atoms with Crippen LogP contribution in [0.3, 0.4) is 0 Å². The van der Waals surface area contributed by atoms with Crippen LogP contribution in [-0.2, 0) is 16.1 Å². The Labute approximate surface area is 165 Å². The molecule has 0 aromatic heterocycles. The fourth-order valence-corrected chi connectivity index (χ4v) is 2.74. The van der Waals surface area contributed by atoms with Crippen LogP contribution in [0, 0.1) is 12.7 Å². The summed E-state index contributed by atoms with van der Waals surface area (Å²) in [5.74, 6) is -0.508. The van der Waals surface area contributed by atoms with Crippen molar-refractivity contribution < 1.29 is 18.7 Å². The highest BCUT2D eigenvalue weighted by Gasteiger charge is 2.27. The lowest BCUT2D eigenvalue weighted by Crippen LogP contribution is -2.50. The summed E-state index contributed by atoms with van der Waals surface area (Å²) in [6, 6.07) is 12.7. The molecule has 0 spiro atoms. The summed E-state index contributed by atoms with van der Waals surface area (Å²) >= 11 is 0. The number of carbonyl (C=O) groups excluding carboxylic acids is 2. The highest BCUT2D eigenvalue weighted by Crippen LogP contribution is 2.17. The van der Waals surface area contributed by atoms with Crippen molar-refractivity contribution in [2.75, 3.05) is 6.61 Å². The maximum absolute atomic E-state index is 14.1.